The van der Waals surface area contributed by atoms with E-state index in [2.05, 4.69) is 15.0 Å². The molecule has 2 aliphatic heterocycles. The van der Waals surface area contributed by atoms with E-state index in [0.29, 0.717) is 0 Å². The van der Waals surface area contributed by atoms with Gasteiger partial charge in [0.05, 0.1) is 19.5 Å². The maximum absolute atomic E-state index is 12.7. The highest BCUT2D eigenvalue weighted by atomic mass is 31.2. The second kappa shape index (κ2) is 10.6. The molecule has 40 heavy (non-hydrogen) atoms. The molecule has 0 spiro atoms. The van der Waals surface area contributed by atoms with Crippen LogP contribution in [-0.4, -0.2) is 104 Å². The van der Waals surface area contributed by atoms with Crippen molar-refractivity contribution in [2.75, 3.05) is 18.9 Å². The highest BCUT2D eigenvalue weighted by Gasteiger charge is 2.50. The van der Waals surface area contributed by atoms with E-state index < -0.39 is 86.9 Å². The molecule has 218 valence electrons. The van der Waals surface area contributed by atoms with Gasteiger partial charge in [0, 0.05) is 12.3 Å². The molecule has 0 amide bonds. The average Bonchev–Trinajstić information content (AvgIpc) is 3.53. The first-order chi connectivity index (χ1) is 18.9. The lowest BCUT2D eigenvalue weighted by atomic mass is 10.1. The topological polar surface area (TPSA) is 300 Å². The predicted octanol–water partition coefficient (Wildman–Crippen LogP) is -4.38. The second-order valence-electron chi connectivity index (χ2n) is 8.91. The standard InChI is InChI=1S/C19H24N7O13P/c20-18-23-14-9(15(32)24-18)21-5-26(14)16-11(30)10(29)7(38-16)4-36-40(34,35)39-13-6(3-27)37-17(12(13)31)25-2-1-8(28)22-19(25)33/h1-2,5-7,10-13,16-17,27,29-31H,3-4H2,(H,34,35)(H,22,28,33)(H3,20,23,24,32). The minimum absolute atomic E-state index is 0.0587. The lowest BCUT2D eigenvalue weighted by Crippen LogP contribution is -2.39. The highest BCUT2D eigenvalue weighted by molar-refractivity contribution is 7.47. The number of nitrogens with one attached hydrogen (secondary N) is 2. The Kier molecular flexibility index (Phi) is 7.48. The number of imidazole rings is 1. The number of fused-ring (bicyclic) bond motifs is 1. The zero-order valence-electron chi connectivity index (χ0n) is 20.1. The first-order valence-electron chi connectivity index (χ1n) is 11.6. The van der Waals surface area contributed by atoms with Crippen LogP contribution in [0.5, 0.6) is 0 Å². The number of hydrogen-bond donors (Lipinski definition) is 8. The third kappa shape index (κ3) is 5.12. The van der Waals surface area contributed by atoms with Gasteiger partial charge in [0.1, 0.15) is 36.6 Å². The zero-order chi connectivity index (χ0) is 28.9. The van der Waals surface area contributed by atoms with Crippen LogP contribution in [0.4, 0.5) is 5.95 Å². The Bertz CT molecular complexity index is 1620. The van der Waals surface area contributed by atoms with Gasteiger partial charge in [-0.25, -0.2) is 14.3 Å². The molecule has 2 saturated heterocycles. The summed E-state index contributed by atoms with van der Waals surface area (Å²) < 4.78 is 35.6. The summed E-state index contributed by atoms with van der Waals surface area (Å²) in [5.41, 5.74) is 3.06. The fourth-order valence-corrected chi connectivity index (χ4v) is 5.40. The van der Waals surface area contributed by atoms with Gasteiger partial charge in [-0.15, -0.1) is 0 Å². The summed E-state index contributed by atoms with van der Waals surface area (Å²) in [6, 6.07) is 0.976. The quantitative estimate of drug-likeness (QED) is 0.115. The summed E-state index contributed by atoms with van der Waals surface area (Å²) in [4.78, 5) is 57.8. The molecule has 0 aliphatic carbocycles. The van der Waals surface area contributed by atoms with Gasteiger partial charge in [0.15, 0.2) is 23.6 Å². The Balaban J connectivity index is 1.27. The number of anilines is 1. The third-order valence-electron chi connectivity index (χ3n) is 6.33. The van der Waals surface area contributed by atoms with Crippen molar-refractivity contribution >= 4 is 24.9 Å². The SMILES string of the molecule is Nc1nc2c(ncn2C2OC(COP(=O)(O)OC3C(CO)OC(n4ccc(=O)[nH]c4=O)C3O)C(O)C2O)c(=O)[nH]1. The molecule has 3 aromatic heterocycles. The van der Waals surface area contributed by atoms with Gasteiger partial charge in [-0.2, -0.15) is 4.98 Å². The minimum atomic E-state index is -5.06. The molecule has 0 bridgehead atoms. The average molecular weight is 589 g/mol. The third-order valence-corrected chi connectivity index (χ3v) is 7.32. The van der Waals surface area contributed by atoms with Crippen molar-refractivity contribution in [1.82, 2.24) is 29.1 Å². The molecule has 2 fully saturated rings. The largest absolute Gasteiger partial charge is 0.472 e. The van der Waals surface area contributed by atoms with Crippen molar-refractivity contribution in [2.24, 2.45) is 0 Å². The van der Waals surface area contributed by atoms with Gasteiger partial charge in [0.25, 0.3) is 11.1 Å². The molecule has 0 saturated carbocycles. The number of ether oxygens (including phenoxy) is 2. The molecule has 9 N–H and O–H groups in total. The molecule has 3 aromatic rings. The Morgan fingerprint density at radius 2 is 1.75 bits per heavy atom. The van der Waals surface area contributed by atoms with Gasteiger partial charge in [-0.05, 0) is 0 Å². The van der Waals surface area contributed by atoms with Crippen LogP contribution in [0.3, 0.4) is 0 Å². The van der Waals surface area contributed by atoms with Crippen LogP contribution in [0.1, 0.15) is 12.5 Å². The number of rotatable bonds is 8. The number of phosphoric acid groups is 1. The van der Waals surface area contributed by atoms with Gasteiger partial charge in [-0.1, -0.05) is 0 Å². The molecular weight excluding hydrogens is 565 g/mol. The molecule has 5 heterocycles. The smallest absolute Gasteiger partial charge is 0.394 e. The summed E-state index contributed by atoms with van der Waals surface area (Å²) in [6.45, 7) is -1.60. The number of aromatic nitrogens is 6. The zero-order valence-corrected chi connectivity index (χ0v) is 21.0. The first kappa shape index (κ1) is 28.2. The van der Waals surface area contributed by atoms with Crippen LogP contribution in [-0.2, 0) is 23.1 Å². The molecule has 5 rings (SSSR count). The molecule has 9 unspecified atom stereocenters. The maximum Gasteiger partial charge on any atom is 0.472 e. The van der Waals surface area contributed by atoms with Crippen molar-refractivity contribution in [3.63, 3.8) is 0 Å². The lowest BCUT2D eigenvalue weighted by Gasteiger charge is -2.23. The van der Waals surface area contributed by atoms with E-state index in [1.165, 1.54) is 0 Å². The van der Waals surface area contributed by atoms with E-state index >= 15 is 0 Å². The molecular formula is C19H24N7O13P. The number of H-pyrrole nitrogens is 2. The lowest BCUT2D eigenvalue weighted by molar-refractivity contribution is -0.0594. The Morgan fingerprint density at radius 3 is 2.45 bits per heavy atom. The molecule has 21 heteroatoms. The summed E-state index contributed by atoms with van der Waals surface area (Å²) >= 11 is 0. The molecule has 2 aliphatic rings. The molecule has 0 radical (unpaired) electrons. The maximum atomic E-state index is 12.7. The van der Waals surface area contributed by atoms with Crippen molar-refractivity contribution in [2.45, 2.75) is 49.1 Å². The number of nitrogens with zero attached hydrogens (tertiary/aromatic N) is 4. The molecule has 9 atom stereocenters. The number of aliphatic hydroxyl groups is 4. The second-order valence-corrected chi connectivity index (χ2v) is 10.3. The van der Waals surface area contributed by atoms with E-state index in [1.807, 2.05) is 4.98 Å². The summed E-state index contributed by atoms with van der Waals surface area (Å²) in [7, 11) is -5.06. The summed E-state index contributed by atoms with van der Waals surface area (Å²) in [6.07, 6.45) is -10.2. The monoisotopic (exact) mass is 589 g/mol. The minimum Gasteiger partial charge on any atom is -0.394 e. The number of hydrogen-bond acceptors (Lipinski definition) is 15. The number of nitrogen functional groups attached to an aromatic ring is 1. The van der Waals surface area contributed by atoms with Crippen LogP contribution in [0.25, 0.3) is 11.2 Å². The van der Waals surface area contributed by atoms with Gasteiger partial charge < -0.3 is 40.5 Å². The van der Waals surface area contributed by atoms with E-state index in [-0.39, 0.29) is 17.1 Å². The first-order valence-corrected chi connectivity index (χ1v) is 13.0. The van der Waals surface area contributed by atoms with Crippen molar-refractivity contribution in [1.29, 1.82) is 0 Å². The van der Waals surface area contributed by atoms with Gasteiger partial charge >= 0.3 is 13.5 Å². The Hall–Kier alpha value is -3.30. The number of aromatic amines is 2. The number of nitrogens with two attached hydrogens (primary N) is 1. The summed E-state index contributed by atoms with van der Waals surface area (Å²) in [5.74, 6) is -0.238. The predicted molar refractivity (Wildman–Crippen MR) is 127 cm³/mol. The highest BCUT2D eigenvalue weighted by Crippen LogP contribution is 2.49. The van der Waals surface area contributed by atoms with Gasteiger partial charge in [-0.3, -0.25) is 37.7 Å². The van der Waals surface area contributed by atoms with E-state index in [1.54, 1.807) is 0 Å². The number of phosphoric ester groups is 1. The van der Waals surface area contributed by atoms with Crippen LogP contribution in [0, 0.1) is 0 Å². The van der Waals surface area contributed by atoms with Crippen molar-refractivity contribution in [3.05, 3.63) is 49.8 Å². The van der Waals surface area contributed by atoms with Crippen LogP contribution < -0.4 is 22.5 Å². The van der Waals surface area contributed by atoms with E-state index in [9.17, 15) is 44.3 Å². The Morgan fingerprint density at radius 1 is 1.05 bits per heavy atom. The van der Waals surface area contributed by atoms with Crippen LogP contribution >= 0.6 is 7.82 Å². The fourth-order valence-electron chi connectivity index (χ4n) is 4.43. The van der Waals surface area contributed by atoms with Crippen LogP contribution in [0.15, 0.2) is 33.0 Å². The summed E-state index contributed by atoms with van der Waals surface area (Å²) in [5, 5.41) is 41.2. The fraction of sp³-hybridized carbons (Fsp3) is 0.526. The number of aliphatic hydroxyl groups excluding tert-OH is 4. The van der Waals surface area contributed by atoms with Gasteiger partial charge in [0.2, 0.25) is 5.95 Å². The normalized spacial score (nSPS) is 32.0. The Labute approximate surface area is 220 Å². The van der Waals surface area contributed by atoms with Crippen LogP contribution in [0.2, 0.25) is 0 Å². The molecule has 0 aromatic carbocycles. The van der Waals surface area contributed by atoms with E-state index in [4.69, 9.17) is 24.3 Å². The molecule has 20 nitrogen and oxygen atoms in total. The van der Waals surface area contributed by atoms with E-state index in [0.717, 1.165) is 27.7 Å². The van der Waals surface area contributed by atoms with Crippen molar-refractivity contribution < 1.29 is 48.4 Å². The van der Waals surface area contributed by atoms with Crippen molar-refractivity contribution in [3.8, 4) is 0 Å².